The van der Waals surface area contributed by atoms with Crippen molar-refractivity contribution in [1.82, 2.24) is 9.88 Å². The third-order valence-electron chi connectivity index (χ3n) is 2.61. The Hall–Kier alpha value is -1.13. The Morgan fingerprint density at radius 3 is 2.50 bits per heavy atom. The average molecular weight is 222 g/mol. The highest BCUT2D eigenvalue weighted by Gasteiger charge is 2.07. The fourth-order valence-corrected chi connectivity index (χ4v) is 1.56. The summed E-state index contributed by atoms with van der Waals surface area (Å²) in [7, 11) is 6.25. The first kappa shape index (κ1) is 12.9. The zero-order valence-corrected chi connectivity index (χ0v) is 10.7. The van der Waals surface area contributed by atoms with Crippen LogP contribution in [0.3, 0.4) is 0 Å². The van der Waals surface area contributed by atoms with Crippen LogP contribution in [0.25, 0.3) is 0 Å². The summed E-state index contributed by atoms with van der Waals surface area (Å²) < 4.78 is 0. The maximum Gasteiger partial charge on any atom is 0.0443 e. The zero-order chi connectivity index (χ0) is 12.1. The predicted octanol–water partition coefficient (Wildman–Crippen LogP) is 0.847. The SMILES string of the molecule is Cc1cc(N(C)CCN(C)C)c(CN)cn1. The van der Waals surface area contributed by atoms with Crippen LogP contribution in [-0.4, -0.2) is 44.1 Å². The molecule has 0 aliphatic heterocycles. The van der Waals surface area contributed by atoms with E-state index in [0.717, 1.165) is 24.3 Å². The molecule has 0 fully saturated rings. The largest absolute Gasteiger partial charge is 0.373 e. The highest BCUT2D eigenvalue weighted by molar-refractivity contribution is 5.52. The van der Waals surface area contributed by atoms with E-state index in [1.54, 1.807) is 0 Å². The monoisotopic (exact) mass is 222 g/mol. The van der Waals surface area contributed by atoms with Gasteiger partial charge in [0.15, 0.2) is 0 Å². The van der Waals surface area contributed by atoms with Gasteiger partial charge in [-0.15, -0.1) is 0 Å². The van der Waals surface area contributed by atoms with Crippen LogP contribution >= 0.6 is 0 Å². The van der Waals surface area contributed by atoms with Crippen molar-refractivity contribution in [2.75, 3.05) is 39.1 Å². The van der Waals surface area contributed by atoms with Crippen molar-refractivity contribution in [2.24, 2.45) is 5.73 Å². The zero-order valence-electron chi connectivity index (χ0n) is 10.7. The second-order valence-electron chi connectivity index (χ2n) is 4.38. The van der Waals surface area contributed by atoms with Gasteiger partial charge in [-0.2, -0.15) is 0 Å². The molecule has 1 aromatic rings. The van der Waals surface area contributed by atoms with Crippen LogP contribution in [0.4, 0.5) is 5.69 Å². The van der Waals surface area contributed by atoms with E-state index >= 15 is 0 Å². The molecule has 0 atom stereocenters. The van der Waals surface area contributed by atoms with Crippen LogP contribution in [0.15, 0.2) is 12.3 Å². The molecular formula is C12H22N4. The number of nitrogens with two attached hydrogens (primary N) is 1. The maximum absolute atomic E-state index is 5.72. The van der Waals surface area contributed by atoms with E-state index in [2.05, 4.69) is 42.0 Å². The molecule has 0 radical (unpaired) electrons. The Morgan fingerprint density at radius 2 is 1.94 bits per heavy atom. The fourth-order valence-electron chi connectivity index (χ4n) is 1.56. The Balaban J connectivity index is 2.80. The molecule has 2 N–H and O–H groups in total. The highest BCUT2D eigenvalue weighted by Crippen LogP contribution is 2.18. The van der Waals surface area contributed by atoms with E-state index in [4.69, 9.17) is 5.73 Å². The van der Waals surface area contributed by atoms with Gasteiger partial charge in [-0.25, -0.2) is 0 Å². The van der Waals surface area contributed by atoms with Gasteiger partial charge in [-0.3, -0.25) is 4.98 Å². The average Bonchev–Trinajstić information content (AvgIpc) is 2.25. The number of rotatable bonds is 5. The van der Waals surface area contributed by atoms with Crippen molar-refractivity contribution in [2.45, 2.75) is 13.5 Å². The number of likely N-dealkylation sites (N-methyl/N-ethyl adjacent to an activating group) is 2. The van der Waals surface area contributed by atoms with Gasteiger partial charge in [-0.05, 0) is 27.1 Å². The molecule has 1 heterocycles. The van der Waals surface area contributed by atoms with Crippen LogP contribution in [0.2, 0.25) is 0 Å². The summed E-state index contributed by atoms with van der Waals surface area (Å²) in [4.78, 5) is 8.68. The molecule has 0 aromatic carbocycles. The van der Waals surface area contributed by atoms with E-state index < -0.39 is 0 Å². The summed E-state index contributed by atoms with van der Waals surface area (Å²) in [6, 6.07) is 2.10. The molecule has 1 rings (SSSR count). The van der Waals surface area contributed by atoms with E-state index in [1.165, 1.54) is 5.69 Å². The summed E-state index contributed by atoms with van der Waals surface area (Å²) in [5.41, 5.74) is 9.04. The lowest BCUT2D eigenvalue weighted by Gasteiger charge is -2.24. The van der Waals surface area contributed by atoms with Gasteiger partial charge >= 0.3 is 0 Å². The van der Waals surface area contributed by atoms with Crippen molar-refractivity contribution >= 4 is 5.69 Å². The second-order valence-corrected chi connectivity index (χ2v) is 4.38. The van der Waals surface area contributed by atoms with Gasteiger partial charge in [-0.1, -0.05) is 0 Å². The van der Waals surface area contributed by atoms with E-state index in [1.807, 2.05) is 13.1 Å². The molecule has 0 aliphatic rings. The van der Waals surface area contributed by atoms with Crippen molar-refractivity contribution in [3.8, 4) is 0 Å². The van der Waals surface area contributed by atoms with E-state index in [9.17, 15) is 0 Å². The first-order chi connectivity index (χ1) is 7.54. The minimum Gasteiger partial charge on any atom is -0.373 e. The normalized spacial score (nSPS) is 10.9. The molecule has 16 heavy (non-hydrogen) atoms. The number of pyridine rings is 1. The van der Waals surface area contributed by atoms with Crippen molar-refractivity contribution < 1.29 is 0 Å². The summed E-state index contributed by atoms with van der Waals surface area (Å²) in [5.74, 6) is 0. The number of anilines is 1. The summed E-state index contributed by atoms with van der Waals surface area (Å²) in [6.45, 7) is 4.56. The topological polar surface area (TPSA) is 45.4 Å². The molecule has 0 unspecified atom stereocenters. The number of aryl methyl sites for hydroxylation is 1. The molecule has 0 spiro atoms. The molecule has 0 bridgehead atoms. The third-order valence-corrected chi connectivity index (χ3v) is 2.61. The quantitative estimate of drug-likeness (QED) is 0.802. The first-order valence-electron chi connectivity index (χ1n) is 5.56. The lowest BCUT2D eigenvalue weighted by Crippen LogP contribution is -2.29. The van der Waals surface area contributed by atoms with Crippen LogP contribution in [0, 0.1) is 6.92 Å². The summed E-state index contributed by atoms with van der Waals surface area (Å²) in [6.07, 6.45) is 1.87. The van der Waals surface area contributed by atoms with Crippen LogP contribution < -0.4 is 10.6 Å². The highest BCUT2D eigenvalue weighted by atomic mass is 15.2. The van der Waals surface area contributed by atoms with Crippen molar-refractivity contribution in [1.29, 1.82) is 0 Å². The molecule has 0 aliphatic carbocycles. The Labute approximate surface area is 98.1 Å². The minimum atomic E-state index is 0.537. The van der Waals surface area contributed by atoms with Crippen molar-refractivity contribution in [3.05, 3.63) is 23.5 Å². The van der Waals surface area contributed by atoms with Crippen LogP contribution in [0.1, 0.15) is 11.3 Å². The van der Waals surface area contributed by atoms with Gasteiger partial charge in [0.2, 0.25) is 0 Å². The second kappa shape index (κ2) is 5.82. The van der Waals surface area contributed by atoms with Gasteiger partial charge < -0.3 is 15.5 Å². The molecule has 1 aromatic heterocycles. The van der Waals surface area contributed by atoms with Crippen molar-refractivity contribution in [3.63, 3.8) is 0 Å². The Kier molecular flexibility index (Phi) is 4.71. The number of hydrogen-bond acceptors (Lipinski definition) is 4. The van der Waals surface area contributed by atoms with E-state index in [0.29, 0.717) is 6.54 Å². The van der Waals surface area contributed by atoms with Crippen LogP contribution in [0.5, 0.6) is 0 Å². The van der Waals surface area contributed by atoms with Gasteiger partial charge in [0.25, 0.3) is 0 Å². The molecule has 0 saturated heterocycles. The number of aromatic nitrogens is 1. The van der Waals surface area contributed by atoms with Gasteiger partial charge in [0, 0.05) is 49.8 Å². The molecule has 0 saturated carbocycles. The summed E-state index contributed by atoms with van der Waals surface area (Å²) >= 11 is 0. The van der Waals surface area contributed by atoms with Crippen LogP contribution in [-0.2, 0) is 6.54 Å². The molecule has 0 amide bonds. The van der Waals surface area contributed by atoms with Gasteiger partial charge in [0.05, 0.1) is 0 Å². The standard InChI is InChI=1S/C12H22N4/c1-10-7-12(11(8-13)9-14-10)16(4)6-5-15(2)3/h7,9H,5-6,8,13H2,1-4H3. The van der Waals surface area contributed by atoms with Gasteiger partial charge in [0.1, 0.15) is 0 Å². The lowest BCUT2D eigenvalue weighted by molar-refractivity contribution is 0.416. The lowest BCUT2D eigenvalue weighted by atomic mass is 10.2. The summed E-state index contributed by atoms with van der Waals surface area (Å²) in [5, 5.41) is 0. The van der Waals surface area contributed by atoms with E-state index in [-0.39, 0.29) is 0 Å². The maximum atomic E-state index is 5.72. The number of hydrogen-bond donors (Lipinski definition) is 1. The molecular weight excluding hydrogens is 200 g/mol. The number of nitrogens with zero attached hydrogens (tertiary/aromatic N) is 3. The first-order valence-corrected chi connectivity index (χ1v) is 5.56. The third kappa shape index (κ3) is 3.47. The molecule has 4 nitrogen and oxygen atoms in total. The Bertz CT molecular complexity index is 336. The molecule has 4 heteroatoms. The molecule has 90 valence electrons. The minimum absolute atomic E-state index is 0.537. The smallest absolute Gasteiger partial charge is 0.0443 e. The Morgan fingerprint density at radius 1 is 1.25 bits per heavy atom. The fraction of sp³-hybridized carbons (Fsp3) is 0.583. The predicted molar refractivity (Wildman–Crippen MR) is 68.7 cm³/mol.